The Hall–Kier alpha value is -2.46. The molecule has 0 radical (unpaired) electrons. The Balaban J connectivity index is 1.93. The summed E-state index contributed by atoms with van der Waals surface area (Å²) in [6.07, 6.45) is 0. The number of pyridine rings is 1. The third-order valence-corrected chi connectivity index (χ3v) is 4.31. The van der Waals surface area contributed by atoms with Gasteiger partial charge in [-0.2, -0.15) is 0 Å². The molecule has 0 unspecified atom stereocenters. The lowest BCUT2D eigenvalue weighted by Crippen LogP contribution is -2.03. The van der Waals surface area contributed by atoms with E-state index in [4.69, 9.17) is 21.1 Å². The average Bonchev–Trinajstić information content (AvgIpc) is 2.60. The second-order valence-corrected chi connectivity index (χ2v) is 5.87. The molecule has 0 saturated carbocycles. The van der Waals surface area contributed by atoms with Gasteiger partial charge in [0.1, 0.15) is 5.82 Å². The highest BCUT2D eigenvalue weighted by molar-refractivity contribution is 6.31. The Kier molecular flexibility index (Phi) is 4.76. The van der Waals surface area contributed by atoms with Crippen LogP contribution in [0.1, 0.15) is 11.3 Å². The lowest BCUT2D eigenvalue weighted by atomic mass is 10.1. The molecule has 24 heavy (non-hydrogen) atoms. The lowest BCUT2D eigenvalue weighted by Gasteiger charge is -2.13. The highest BCUT2D eigenvalue weighted by Gasteiger charge is 2.10. The molecule has 0 aliphatic carbocycles. The van der Waals surface area contributed by atoms with Gasteiger partial charge in [0.15, 0.2) is 11.5 Å². The Morgan fingerprint density at radius 2 is 1.75 bits per heavy atom. The second kappa shape index (κ2) is 6.97. The molecule has 0 amide bonds. The summed E-state index contributed by atoms with van der Waals surface area (Å²) in [6, 6.07) is 13.7. The van der Waals surface area contributed by atoms with Crippen LogP contribution in [0.5, 0.6) is 11.5 Å². The van der Waals surface area contributed by atoms with Crippen molar-refractivity contribution in [2.75, 3.05) is 19.5 Å². The highest BCUT2D eigenvalue weighted by Crippen LogP contribution is 2.34. The minimum Gasteiger partial charge on any atom is -0.493 e. The third kappa shape index (κ3) is 3.24. The van der Waals surface area contributed by atoms with E-state index in [0.29, 0.717) is 18.0 Å². The molecule has 5 heteroatoms. The zero-order valence-corrected chi connectivity index (χ0v) is 14.6. The summed E-state index contributed by atoms with van der Waals surface area (Å²) in [4.78, 5) is 4.63. The summed E-state index contributed by atoms with van der Waals surface area (Å²) in [5.74, 6) is 2.20. The number of ether oxygens (including phenoxy) is 2. The molecule has 0 bridgehead atoms. The van der Waals surface area contributed by atoms with E-state index in [1.165, 1.54) is 0 Å². The smallest absolute Gasteiger partial charge is 0.161 e. The summed E-state index contributed by atoms with van der Waals surface area (Å²) in [5, 5.41) is 6.16. The first-order chi connectivity index (χ1) is 11.6. The summed E-state index contributed by atoms with van der Waals surface area (Å²) in [5.41, 5.74) is 1.96. The van der Waals surface area contributed by atoms with Crippen molar-refractivity contribution >= 4 is 28.2 Å². The number of methoxy groups -OCH3 is 2. The van der Waals surface area contributed by atoms with Crippen molar-refractivity contribution in [2.45, 2.75) is 13.5 Å². The van der Waals surface area contributed by atoms with Crippen molar-refractivity contribution in [3.63, 3.8) is 0 Å². The maximum Gasteiger partial charge on any atom is 0.161 e. The number of rotatable bonds is 5. The molecule has 2 aromatic carbocycles. The van der Waals surface area contributed by atoms with Crippen LogP contribution in [0, 0.1) is 6.92 Å². The molecule has 0 fully saturated rings. The van der Waals surface area contributed by atoms with Crippen LogP contribution in [-0.4, -0.2) is 19.2 Å². The Morgan fingerprint density at radius 1 is 1.04 bits per heavy atom. The first-order valence-electron chi connectivity index (χ1n) is 7.63. The van der Waals surface area contributed by atoms with Crippen LogP contribution in [0.25, 0.3) is 10.8 Å². The van der Waals surface area contributed by atoms with Crippen LogP contribution in [0.2, 0.25) is 5.02 Å². The van der Waals surface area contributed by atoms with E-state index in [9.17, 15) is 0 Å². The zero-order chi connectivity index (χ0) is 17.1. The summed E-state index contributed by atoms with van der Waals surface area (Å²) < 4.78 is 10.8. The van der Waals surface area contributed by atoms with E-state index in [1.54, 1.807) is 14.2 Å². The molecule has 0 aliphatic rings. The van der Waals surface area contributed by atoms with Crippen molar-refractivity contribution in [1.29, 1.82) is 0 Å². The second-order valence-electron chi connectivity index (χ2n) is 5.47. The number of aryl methyl sites for hydroxylation is 1. The first-order valence-corrected chi connectivity index (χ1v) is 8.01. The Labute approximate surface area is 146 Å². The fourth-order valence-corrected chi connectivity index (χ4v) is 2.87. The van der Waals surface area contributed by atoms with Crippen LogP contribution >= 0.6 is 11.6 Å². The Bertz CT molecular complexity index is 881. The average molecular weight is 343 g/mol. The van der Waals surface area contributed by atoms with Crippen LogP contribution in [0.15, 0.2) is 42.5 Å². The molecular weight excluding hydrogens is 324 g/mol. The molecule has 0 atom stereocenters. The normalized spacial score (nSPS) is 10.7. The predicted molar refractivity (Wildman–Crippen MR) is 98.4 cm³/mol. The number of aromatic nitrogens is 1. The SMILES string of the molecule is COc1cc2cc(NCc3ccccc3Cl)nc(C)c2cc1OC. The lowest BCUT2D eigenvalue weighted by molar-refractivity contribution is 0.356. The maximum absolute atomic E-state index is 6.20. The topological polar surface area (TPSA) is 43.4 Å². The van der Waals surface area contributed by atoms with Gasteiger partial charge < -0.3 is 14.8 Å². The predicted octanol–water partition coefficient (Wildman–Crippen LogP) is 4.83. The number of nitrogens with one attached hydrogen (secondary N) is 1. The molecule has 3 rings (SSSR count). The monoisotopic (exact) mass is 342 g/mol. The van der Waals surface area contributed by atoms with Crippen molar-refractivity contribution < 1.29 is 9.47 Å². The quantitative estimate of drug-likeness (QED) is 0.721. The van der Waals surface area contributed by atoms with Gasteiger partial charge in [0.2, 0.25) is 0 Å². The van der Waals surface area contributed by atoms with Gasteiger partial charge in [0.25, 0.3) is 0 Å². The van der Waals surface area contributed by atoms with Gasteiger partial charge in [-0.05, 0) is 42.1 Å². The van der Waals surface area contributed by atoms with Crippen LogP contribution in [0.4, 0.5) is 5.82 Å². The maximum atomic E-state index is 6.20. The van der Waals surface area contributed by atoms with E-state index in [-0.39, 0.29) is 0 Å². The third-order valence-electron chi connectivity index (χ3n) is 3.94. The molecule has 1 aromatic heterocycles. The fourth-order valence-electron chi connectivity index (χ4n) is 2.67. The summed E-state index contributed by atoms with van der Waals surface area (Å²) >= 11 is 6.20. The van der Waals surface area contributed by atoms with E-state index in [2.05, 4.69) is 10.3 Å². The molecule has 1 heterocycles. The number of fused-ring (bicyclic) bond motifs is 1. The van der Waals surface area contributed by atoms with Gasteiger partial charge in [-0.3, -0.25) is 0 Å². The van der Waals surface area contributed by atoms with Crippen molar-refractivity contribution in [3.8, 4) is 11.5 Å². The van der Waals surface area contributed by atoms with Crippen molar-refractivity contribution in [2.24, 2.45) is 0 Å². The van der Waals surface area contributed by atoms with Crippen molar-refractivity contribution in [3.05, 3.63) is 58.7 Å². The van der Waals surface area contributed by atoms with E-state index in [1.807, 2.05) is 49.4 Å². The molecule has 0 aliphatic heterocycles. The summed E-state index contributed by atoms with van der Waals surface area (Å²) in [6.45, 7) is 2.60. The molecule has 1 N–H and O–H groups in total. The number of halogens is 1. The van der Waals surface area contributed by atoms with Gasteiger partial charge in [-0.25, -0.2) is 4.98 Å². The van der Waals surface area contributed by atoms with Crippen LogP contribution in [-0.2, 0) is 6.54 Å². The molecule has 4 nitrogen and oxygen atoms in total. The van der Waals surface area contributed by atoms with E-state index < -0.39 is 0 Å². The van der Waals surface area contributed by atoms with Gasteiger partial charge in [-0.1, -0.05) is 29.8 Å². The van der Waals surface area contributed by atoms with Gasteiger partial charge >= 0.3 is 0 Å². The van der Waals surface area contributed by atoms with Gasteiger partial charge in [0, 0.05) is 22.6 Å². The molecule has 3 aromatic rings. The fraction of sp³-hybridized carbons (Fsp3) is 0.211. The minimum atomic E-state index is 0.616. The molecule has 0 spiro atoms. The number of nitrogens with zero attached hydrogens (tertiary/aromatic N) is 1. The first kappa shape index (κ1) is 16.4. The molecule has 0 saturated heterocycles. The number of hydrogen-bond acceptors (Lipinski definition) is 4. The van der Waals surface area contributed by atoms with Gasteiger partial charge in [0.05, 0.1) is 14.2 Å². The zero-order valence-electron chi connectivity index (χ0n) is 13.9. The molecule has 124 valence electrons. The van der Waals surface area contributed by atoms with E-state index in [0.717, 1.165) is 32.9 Å². The van der Waals surface area contributed by atoms with Crippen molar-refractivity contribution in [1.82, 2.24) is 4.98 Å². The number of anilines is 1. The number of benzene rings is 2. The Morgan fingerprint density at radius 3 is 2.46 bits per heavy atom. The van der Waals surface area contributed by atoms with Crippen LogP contribution < -0.4 is 14.8 Å². The number of hydrogen-bond donors (Lipinski definition) is 1. The molecular formula is C19H19ClN2O2. The van der Waals surface area contributed by atoms with E-state index >= 15 is 0 Å². The largest absolute Gasteiger partial charge is 0.493 e. The highest BCUT2D eigenvalue weighted by atomic mass is 35.5. The van der Waals surface area contributed by atoms with Gasteiger partial charge in [-0.15, -0.1) is 0 Å². The standard InChI is InChI=1S/C19H19ClN2O2/c1-12-15-10-18(24-3)17(23-2)8-14(15)9-19(22-12)21-11-13-6-4-5-7-16(13)20/h4-10H,11H2,1-3H3,(H,21,22). The summed E-state index contributed by atoms with van der Waals surface area (Å²) in [7, 11) is 3.26. The van der Waals surface area contributed by atoms with Crippen LogP contribution in [0.3, 0.4) is 0 Å². The minimum absolute atomic E-state index is 0.616.